The quantitative estimate of drug-likeness (QED) is 0.764. The number of nitrogen functional groups attached to an aromatic ring is 1. The van der Waals surface area contributed by atoms with E-state index in [1.165, 1.54) is 7.05 Å². The molecule has 108 valence electrons. The fourth-order valence-electron chi connectivity index (χ4n) is 1.92. The number of carbonyl (C=O) groups excluding carboxylic acids is 2. The number of likely N-dealkylation sites (N-methyl/N-ethyl adjacent to an activating group) is 1. The van der Waals surface area contributed by atoms with Crippen LogP contribution in [0.4, 0.5) is 11.6 Å². The van der Waals surface area contributed by atoms with E-state index in [2.05, 4.69) is 15.3 Å². The van der Waals surface area contributed by atoms with E-state index >= 15 is 0 Å². The molecule has 20 heavy (non-hydrogen) atoms. The number of nitrogens with two attached hydrogens (primary N) is 1. The van der Waals surface area contributed by atoms with Crippen LogP contribution in [0.3, 0.4) is 0 Å². The van der Waals surface area contributed by atoms with Gasteiger partial charge in [0.05, 0.1) is 6.42 Å². The van der Waals surface area contributed by atoms with Crippen molar-refractivity contribution in [2.45, 2.75) is 38.6 Å². The first-order valence-electron chi connectivity index (χ1n) is 6.40. The van der Waals surface area contributed by atoms with Crippen LogP contribution >= 0.6 is 0 Å². The number of amides is 2. The molecule has 2 heterocycles. The van der Waals surface area contributed by atoms with Crippen LogP contribution in [0, 0.1) is 0 Å². The molecule has 0 aliphatic carbocycles. The van der Waals surface area contributed by atoms with Crippen molar-refractivity contribution >= 4 is 23.5 Å². The van der Waals surface area contributed by atoms with Crippen molar-refractivity contribution in [2.75, 3.05) is 18.1 Å². The molecule has 2 rings (SSSR count). The second kappa shape index (κ2) is 4.73. The van der Waals surface area contributed by atoms with Gasteiger partial charge >= 0.3 is 0 Å². The number of aromatic nitrogens is 2. The van der Waals surface area contributed by atoms with Crippen LogP contribution in [-0.4, -0.2) is 39.8 Å². The number of nitrogens with zero attached hydrogens (tertiary/aromatic N) is 3. The Labute approximate surface area is 117 Å². The van der Waals surface area contributed by atoms with E-state index in [1.54, 1.807) is 6.07 Å². The Morgan fingerprint density at radius 2 is 2.00 bits per heavy atom. The minimum atomic E-state index is -0.588. The van der Waals surface area contributed by atoms with Gasteiger partial charge in [-0.3, -0.25) is 14.5 Å². The van der Waals surface area contributed by atoms with Gasteiger partial charge in [-0.2, -0.15) is 0 Å². The zero-order valence-electron chi connectivity index (χ0n) is 12.1. The lowest BCUT2D eigenvalue weighted by Gasteiger charge is -2.19. The van der Waals surface area contributed by atoms with Gasteiger partial charge in [0, 0.05) is 18.5 Å². The van der Waals surface area contributed by atoms with E-state index in [9.17, 15) is 9.59 Å². The van der Waals surface area contributed by atoms with Gasteiger partial charge in [-0.15, -0.1) is 0 Å². The molecule has 1 aromatic heterocycles. The van der Waals surface area contributed by atoms with Crippen LogP contribution in [0.25, 0.3) is 0 Å². The Hall–Kier alpha value is -2.18. The average Bonchev–Trinajstić information content (AvgIpc) is 2.55. The van der Waals surface area contributed by atoms with Gasteiger partial charge in [0.1, 0.15) is 23.5 Å². The van der Waals surface area contributed by atoms with Crippen molar-refractivity contribution in [1.29, 1.82) is 0 Å². The summed E-state index contributed by atoms with van der Waals surface area (Å²) >= 11 is 0. The molecule has 1 atom stereocenters. The zero-order valence-corrected chi connectivity index (χ0v) is 12.1. The largest absolute Gasteiger partial charge is 0.384 e. The summed E-state index contributed by atoms with van der Waals surface area (Å²) in [6.45, 7) is 5.93. The van der Waals surface area contributed by atoms with Crippen LogP contribution in [-0.2, 0) is 15.0 Å². The second-order valence-electron chi connectivity index (χ2n) is 5.94. The molecule has 1 fully saturated rings. The molecule has 0 aromatic carbocycles. The summed E-state index contributed by atoms with van der Waals surface area (Å²) in [5, 5.41) is 2.96. The summed E-state index contributed by atoms with van der Waals surface area (Å²) in [6, 6.07) is 0.973. The minimum absolute atomic E-state index is 0.129. The average molecular weight is 277 g/mol. The highest BCUT2D eigenvalue weighted by molar-refractivity contribution is 6.06. The van der Waals surface area contributed by atoms with E-state index in [0.717, 1.165) is 4.90 Å². The summed E-state index contributed by atoms with van der Waals surface area (Å²) < 4.78 is 0. The Kier molecular flexibility index (Phi) is 3.37. The summed E-state index contributed by atoms with van der Waals surface area (Å²) in [6.07, 6.45) is 0.129. The molecule has 1 saturated heterocycles. The van der Waals surface area contributed by atoms with E-state index in [1.807, 2.05) is 20.8 Å². The number of likely N-dealkylation sites (tertiary alicyclic amines) is 1. The van der Waals surface area contributed by atoms with Crippen molar-refractivity contribution in [1.82, 2.24) is 14.9 Å². The lowest BCUT2D eigenvalue weighted by atomic mass is 9.96. The van der Waals surface area contributed by atoms with Gasteiger partial charge in [-0.05, 0) is 0 Å². The summed E-state index contributed by atoms with van der Waals surface area (Å²) in [5.41, 5.74) is 5.51. The molecular weight excluding hydrogens is 258 g/mol. The SMILES string of the molecule is CN1C(=O)CC(Nc2cc(N)nc(C(C)(C)C)n2)C1=O. The fourth-order valence-corrected chi connectivity index (χ4v) is 1.92. The monoisotopic (exact) mass is 277 g/mol. The third-order valence-corrected chi connectivity index (χ3v) is 3.12. The molecule has 2 amide bonds. The van der Waals surface area contributed by atoms with E-state index in [-0.39, 0.29) is 23.7 Å². The van der Waals surface area contributed by atoms with Gasteiger partial charge in [-0.1, -0.05) is 20.8 Å². The smallest absolute Gasteiger partial charge is 0.251 e. The summed E-state index contributed by atoms with van der Waals surface area (Å²) in [4.78, 5) is 33.0. The van der Waals surface area contributed by atoms with Crippen LogP contribution in [0.15, 0.2) is 6.07 Å². The molecule has 0 spiro atoms. The molecule has 0 saturated carbocycles. The number of hydrogen-bond acceptors (Lipinski definition) is 6. The Morgan fingerprint density at radius 1 is 1.35 bits per heavy atom. The first-order chi connectivity index (χ1) is 9.18. The molecule has 7 nitrogen and oxygen atoms in total. The zero-order chi connectivity index (χ0) is 15.1. The lowest BCUT2D eigenvalue weighted by Crippen LogP contribution is -2.32. The first kappa shape index (κ1) is 14.2. The molecule has 3 N–H and O–H groups in total. The maximum Gasteiger partial charge on any atom is 0.251 e. The molecule has 0 bridgehead atoms. The number of carbonyl (C=O) groups is 2. The standard InChI is InChI=1S/C13H19N5O2/c1-13(2,3)12-16-8(14)6-9(17-12)15-7-5-10(19)18(4)11(7)20/h6-7H,5H2,1-4H3,(H3,14,15,16,17). The normalized spacial score (nSPS) is 19.6. The highest BCUT2D eigenvalue weighted by Crippen LogP contribution is 2.22. The molecule has 1 aliphatic rings. The van der Waals surface area contributed by atoms with Crippen LogP contribution in [0.1, 0.15) is 33.0 Å². The fraction of sp³-hybridized carbons (Fsp3) is 0.538. The molecular formula is C13H19N5O2. The number of imide groups is 1. The third-order valence-electron chi connectivity index (χ3n) is 3.12. The molecule has 1 unspecified atom stereocenters. The van der Waals surface area contributed by atoms with Crippen molar-refractivity contribution in [3.8, 4) is 0 Å². The predicted octanol–water partition coefficient (Wildman–Crippen LogP) is 0.525. The summed E-state index contributed by atoms with van der Waals surface area (Å²) in [5.74, 6) is 0.918. The maximum atomic E-state index is 11.9. The number of anilines is 2. The second-order valence-corrected chi connectivity index (χ2v) is 5.94. The molecule has 1 aliphatic heterocycles. The lowest BCUT2D eigenvalue weighted by molar-refractivity contribution is -0.136. The van der Waals surface area contributed by atoms with Crippen LogP contribution < -0.4 is 11.1 Å². The van der Waals surface area contributed by atoms with Crippen molar-refractivity contribution in [3.05, 3.63) is 11.9 Å². The number of nitrogens with one attached hydrogen (secondary N) is 1. The minimum Gasteiger partial charge on any atom is -0.384 e. The van der Waals surface area contributed by atoms with Gasteiger partial charge in [-0.25, -0.2) is 9.97 Å². The van der Waals surface area contributed by atoms with Gasteiger partial charge in [0.25, 0.3) is 5.91 Å². The number of rotatable bonds is 2. The molecule has 0 radical (unpaired) electrons. The summed E-state index contributed by atoms with van der Waals surface area (Å²) in [7, 11) is 1.47. The van der Waals surface area contributed by atoms with Crippen molar-refractivity contribution in [2.24, 2.45) is 0 Å². The number of hydrogen-bond donors (Lipinski definition) is 2. The van der Waals surface area contributed by atoms with Gasteiger partial charge in [0.15, 0.2) is 0 Å². The Morgan fingerprint density at radius 3 is 2.50 bits per heavy atom. The van der Waals surface area contributed by atoms with Crippen LogP contribution in [0.2, 0.25) is 0 Å². The third kappa shape index (κ3) is 2.71. The topological polar surface area (TPSA) is 101 Å². The Bertz CT molecular complexity index is 564. The van der Waals surface area contributed by atoms with Gasteiger partial charge < -0.3 is 11.1 Å². The molecule has 7 heteroatoms. The first-order valence-corrected chi connectivity index (χ1v) is 6.40. The Balaban J connectivity index is 2.25. The highest BCUT2D eigenvalue weighted by atomic mass is 16.2. The van der Waals surface area contributed by atoms with E-state index in [4.69, 9.17) is 5.73 Å². The highest BCUT2D eigenvalue weighted by Gasteiger charge is 2.36. The van der Waals surface area contributed by atoms with Gasteiger partial charge in [0.2, 0.25) is 5.91 Å². The predicted molar refractivity (Wildman–Crippen MR) is 74.9 cm³/mol. The van der Waals surface area contributed by atoms with Crippen LogP contribution in [0.5, 0.6) is 0 Å². The van der Waals surface area contributed by atoms with Crippen molar-refractivity contribution < 1.29 is 9.59 Å². The van der Waals surface area contributed by atoms with E-state index < -0.39 is 6.04 Å². The van der Waals surface area contributed by atoms with Crippen molar-refractivity contribution in [3.63, 3.8) is 0 Å². The molecule has 1 aromatic rings. The van der Waals surface area contributed by atoms with E-state index in [0.29, 0.717) is 17.5 Å². The maximum absolute atomic E-state index is 11.9.